The smallest absolute Gasteiger partial charge is 0.0445 e. The van der Waals surface area contributed by atoms with Crippen molar-refractivity contribution in [3.63, 3.8) is 0 Å². The summed E-state index contributed by atoms with van der Waals surface area (Å²) in [6.45, 7) is 7.53. The van der Waals surface area contributed by atoms with Crippen molar-refractivity contribution in [2.75, 3.05) is 24.5 Å². The Kier molecular flexibility index (Phi) is 6.06. The van der Waals surface area contributed by atoms with Crippen LogP contribution in [0.2, 0.25) is 0 Å². The molecule has 114 valence electrons. The van der Waals surface area contributed by atoms with Crippen molar-refractivity contribution in [2.45, 2.75) is 33.1 Å². The van der Waals surface area contributed by atoms with E-state index in [-0.39, 0.29) is 0 Å². The molecule has 1 unspecified atom stereocenters. The van der Waals surface area contributed by atoms with Gasteiger partial charge in [0, 0.05) is 24.2 Å². The number of hydrogen-bond acceptors (Lipinski definition) is 2. The van der Waals surface area contributed by atoms with Gasteiger partial charge in [0.2, 0.25) is 0 Å². The zero-order chi connectivity index (χ0) is 15.1. The number of nitrogens with zero attached hydrogens (tertiary/aromatic N) is 1. The Bertz CT molecular complexity index is 545. The van der Waals surface area contributed by atoms with Gasteiger partial charge in [0.05, 0.1) is 0 Å². The van der Waals surface area contributed by atoms with Crippen molar-refractivity contribution in [1.82, 2.24) is 0 Å². The van der Waals surface area contributed by atoms with Crippen LogP contribution < -0.4 is 10.6 Å². The van der Waals surface area contributed by atoms with Gasteiger partial charge in [0.25, 0.3) is 0 Å². The first-order valence-electron chi connectivity index (χ1n) is 8.19. The molecule has 0 fully saturated rings. The largest absolute Gasteiger partial charge is 0.371 e. The topological polar surface area (TPSA) is 29.3 Å². The van der Waals surface area contributed by atoms with Gasteiger partial charge < -0.3 is 10.6 Å². The molecule has 2 aromatic carbocycles. The van der Waals surface area contributed by atoms with Gasteiger partial charge >= 0.3 is 0 Å². The molecule has 0 heterocycles. The van der Waals surface area contributed by atoms with E-state index in [1.54, 1.807) is 0 Å². The first-order chi connectivity index (χ1) is 10.3. The Morgan fingerprint density at radius 3 is 2.57 bits per heavy atom. The number of benzene rings is 2. The molecule has 0 saturated heterocycles. The van der Waals surface area contributed by atoms with Crippen molar-refractivity contribution in [3.8, 4) is 0 Å². The molecule has 0 amide bonds. The highest BCUT2D eigenvalue weighted by atomic mass is 15.1. The number of anilines is 1. The van der Waals surface area contributed by atoms with Crippen LogP contribution in [-0.4, -0.2) is 19.6 Å². The summed E-state index contributed by atoms with van der Waals surface area (Å²) in [5, 5.41) is 2.68. The lowest BCUT2D eigenvalue weighted by Crippen LogP contribution is -2.24. The molecule has 0 bridgehead atoms. The standard InChI is InChI=1S/C19H28N2/c1-3-21(15-7-8-16(2)13-14-20)19-12-6-10-17-9-4-5-11-18(17)19/h4-6,9-12,16H,3,7-8,13-15,20H2,1-2H3. The second-order valence-corrected chi connectivity index (χ2v) is 5.90. The van der Waals surface area contributed by atoms with E-state index in [0.29, 0.717) is 0 Å². The lowest BCUT2D eigenvalue weighted by molar-refractivity contribution is 0.480. The fourth-order valence-corrected chi connectivity index (χ4v) is 2.99. The molecule has 0 aromatic heterocycles. The summed E-state index contributed by atoms with van der Waals surface area (Å²) >= 11 is 0. The van der Waals surface area contributed by atoms with E-state index in [0.717, 1.165) is 32.0 Å². The highest BCUT2D eigenvalue weighted by Gasteiger charge is 2.09. The van der Waals surface area contributed by atoms with Crippen LogP contribution in [0.1, 0.15) is 33.1 Å². The van der Waals surface area contributed by atoms with E-state index in [9.17, 15) is 0 Å². The second-order valence-electron chi connectivity index (χ2n) is 5.90. The predicted octanol–water partition coefficient (Wildman–Crippen LogP) is 4.43. The van der Waals surface area contributed by atoms with Gasteiger partial charge in [-0.2, -0.15) is 0 Å². The van der Waals surface area contributed by atoms with Gasteiger partial charge in [0.1, 0.15) is 0 Å². The average Bonchev–Trinajstić information content (AvgIpc) is 2.51. The summed E-state index contributed by atoms with van der Waals surface area (Å²) in [7, 11) is 0. The summed E-state index contributed by atoms with van der Waals surface area (Å²) in [6.07, 6.45) is 3.64. The molecule has 0 spiro atoms. The van der Waals surface area contributed by atoms with Crippen molar-refractivity contribution in [1.29, 1.82) is 0 Å². The van der Waals surface area contributed by atoms with Crippen LogP contribution >= 0.6 is 0 Å². The van der Waals surface area contributed by atoms with E-state index in [2.05, 4.69) is 61.2 Å². The summed E-state index contributed by atoms with van der Waals surface area (Å²) in [5.74, 6) is 0.737. The number of fused-ring (bicyclic) bond motifs is 1. The number of rotatable bonds is 8. The highest BCUT2D eigenvalue weighted by Crippen LogP contribution is 2.27. The van der Waals surface area contributed by atoms with Gasteiger partial charge in [-0.05, 0) is 50.1 Å². The van der Waals surface area contributed by atoms with Gasteiger partial charge in [-0.1, -0.05) is 43.3 Å². The van der Waals surface area contributed by atoms with Crippen LogP contribution in [0.25, 0.3) is 10.8 Å². The van der Waals surface area contributed by atoms with E-state index in [1.165, 1.54) is 29.3 Å². The zero-order valence-corrected chi connectivity index (χ0v) is 13.4. The van der Waals surface area contributed by atoms with Gasteiger partial charge in [-0.3, -0.25) is 0 Å². The quantitative estimate of drug-likeness (QED) is 0.777. The van der Waals surface area contributed by atoms with Crippen molar-refractivity contribution in [2.24, 2.45) is 11.7 Å². The van der Waals surface area contributed by atoms with Crippen molar-refractivity contribution >= 4 is 16.5 Å². The minimum Gasteiger partial charge on any atom is -0.371 e. The highest BCUT2D eigenvalue weighted by molar-refractivity contribution is 5.94. The summed E-state index contributed by atoms with van der Waals surface area (Å²) in [6, 6.07) is 15.3. The molecule has 2 aromatic rings. The van der Waals surface area contributed by atoms with E-state index < -0.39 is 0 Å². The molecule has 21 heavy (non-hydrogen) atoms. The molecular weight excluding hydrogens is 256 g/mol. The maximum Gasteiger partial charge on any atom is 0.0445 e. The Morgan fingerprint density at radius 2 is 1.81 bits per heavy atom. The Labute approximate surface area is 128 Å². The fraction of sp³-hybridized carbons (Fsp3) is 0.474. The Balaban J connectivity index is 2.06. The van der Waals surface area contributed by atoms with Crippen LogP contribution in [0.4, 0.5) is 5.69 Å². The first-order valence-corrected chi connectivity index (χ1v) is 8.19. The molecule has 2 nitrogen and oxygen atoms in total. The third kappa shape index (κ3) is 4.21. The number of nitrogens with two attached hydrogens (primary N) is 1. The van der Waals surface area contributed by atoms with E-state index in [4.69, 9.17) is 5.73 Å². The van der Waals surface area contributed by atoms with Crippen molar-refractivity contribution in [3.05, 3.63) is 42.5 Å². The van der Waals surface area contributed by atoms with Crippen LogP contribution in [0.15, 0.2) is 42.5 Å². The van der Waals surface area contributed by atoms with Gasteiger partial charge in [-0.15, -0.1) is 0 Å². The lowest BCUT2D eigenvalue weighted by Gasteiger charge is -2.25. The predicted molar refractivity (Wildman–Crippen MR) is 93.9 cm³/mol. The maximum atomic E-state index is 5.63. The number of hydrogen-bond donors (Lipinski definition) is 1. The molecule has 0 aliphatic carbocycles. The summed E-state index contributed by atoms with van der Waals surface area (Å²) < 4.78 is 0. The molecule has 0 radical (unpaired) electrons. The monoisotopic (exact) mass is 284 g/mol. The van der Waals surface area contributed by atoms with Crippen molar-refractivity contribution < 1.29 is 0 Å². The molecule has 2 rings (SSSR count). The van der Waals surface area contributed by atoms with E-state index >= 15 is 0 Å². The third-order valence-corrected chi connectivity index (χ3v) is 4.27. The van der Waals surface area contributed by atoms with Crippen LogP contribution in [0.5, 0.6) is 0 Å². The molecular formula is C19H28N2. The fourth-order valence-electron chi connectivity index (χ4n) is 2.99. The second kappa shape index (κ2) is 8.04. The molecule has 2 N–H and O–H groups in total. The minimum absolute atomic E-state index is 0.737. The molecule has 2 heteroatoms. The van der Waals surface area contributed by atoms with E-state index in [1.807, 2.05) is 0 Å². The first kappa shape index (κ1) is 15.8. The van der Waals surface area contributed by atoms with Gasteiger partial charge in [-0.25, -0.2) is 0 Å². The van der Waals surface area contributed by atoms with Crippen LogP contribution in [0.3, 0.4) is 0 Å². The van der Waals surface area contributed by atoms with Crippen LogP contribution in [-0.2, 0) is 0 Å². The minimum atomic E-state index is 0.737. The Hall–Kier alpha value is -1.54. The average molecular weight is 284 g/mol. The van der Waals surface area contributed by atoms with Gasteiger partial charge in [0.15, 0.2) is 0 Å². The molecule has 1 atom stereocenters. The van der Waals surface area contributed by atoms with Crippen LogP contribution in [0, 0.1) is 5.92 Å². The maximum absolute atomic E-state index is 5.63. The molecule has 0 saturated carbocycles. The lowest BCUT2D eigenvalue weighted by atomic mass is 10.0. The summed E-state index contributed by atoms with van der Waals surface area (Å²) in [4.78, 5) is 2.50. The zero-order valence-electron chi connectivity index (χ0n) is 13.4. The Morgan fingerprint density at radius 1 is 1.05 bits per heavy atom. The SMILES string of the molecule is CCN(CCCC(C)CCN)c1cccc2ccccc12. The normalized spacial score (nSPS) is 12.5. The molecule has 0 aliphatic rings. The molecule has 0 aliphatic heterocycles. The third-order valence-electron chi connectivity index (χ3n) is 4.27. The summed E-state index contributed by atoms with van der Waals surface area (Å²) in [5.41, 5.74) is 6.99.